The minimum atomic E-state index is 0.857. The van der Waals surface area contributed by atoms with Crippen LogP contribution >= 0.6 is 0 Å². The molecule has 0 atom stereocenters. The topological polar surface area (TPSA) is 12.9 Å². The first-order valence-electron chi connectivity index (χ1n) is 8.51. The molecule has 1 rings (SSSR count). The van der Waals surface area contributed by atoms with Crippen molar-refractivity contribution in [2.45, 2.75) is 13.8 Å². The first-order valence-corrected chi connectivity index (χ1v) is 8.51. The number of pyridine rings is 1. The number of hydrogen-bond acceptors (Lipinski definition) is 1. The Morgan fingerprint density at radius 3 is 2.31 bits per heavy atom. The van der Waals surface area contributed by atoms with Crippen LogP contribution in [-0.2, 0) is 0 Å². The smallest absolute Gasteiger partial charge is 0.0780 e. The molecule has 0 saturated heterocycles. The number of allylic oxidation sites excluding steroid dienone is 13. The zero-order valence-corrected chi connectivity index (χ0v) is 15.8. The maximum Gasteiger partial charge on any atom is 0.0780 e. The second-order valence-corrected chi connectivity index (χ2v) is 5.51. The van der Waals surface area contributed by atoms with E-state index >= 15 is 0 Å². The van der Waals surface area contributed by atoms with Crippen molar-refractivity contribution in [3.05, 3.63) is 122 Å². The van der Waals surface area contributed by atoms with E-state index in [9.17, 15) is 0 Å². The third kappa shape index (κ3) is 6.03. The lowest BCUT2D eigenvalue weighted by Gasteiger charge is -2.12. The predicted octanol–water partition coefficient (Wildman–Crippen LogP) is 7.13. The Kier molecular flexibility index (Phi) is 9.13. The molecule has 0 spiro atoms. The minimum absolute atomic E-state index is 0.857. The van der Waals surface area contributed by atoms with E-state index in [1.807, 2.05) is 74.6 Å². The van der Waals surface area contributed by atoms with Crippen molar-refractivity contribution >= 4 is 17.2 Å². The van der Waals surface area contributed by atoms with Gasteiger partial charge >= 0.3 is 0 Å². The molecule has 0 amide bonds. The van der Waals surface area contributed by atoms with Crippen LogP contribution in [0.25, 0.3) is 17.2 Å². The van der Waals surface area contributed by atoms with Crippen LogP contribution in [-0.4, -0.2) is 4.98 Å². The molecule has 0 bridgehead atoms. The van der Waals surface area contributed by atoms with Crippen molar-refractivity contribution in [2.24, 2.45) is 0 Å². The molecule has 26 heavy (non-hydrogen) atoms. The average Bonchev–Trinajstić information content (AvgIpc) is 2.63. The zero-order chi connectivity index (χ0) is 19.4. The largest absolute Gasteiger partial charge is 0.256 e. The molecule has 0 radical (unpaired) electrons. The van der Waals surface area contributed by atoms with Gasteiger partial charge in [-0.3, -0.25) is 4.98 Å². The monoisotopic (exact) mass is 341 g/mol. The molecule has 0 N–H and O–H groups in total. The summed E-state index contributed by atoms with van der Waals surface area (Å²) in [6, 6.07) is 1.98. The third-order valence-corrected chi connectivity index (χ3v) is 3.53. The Balaban J connectivity index is 3.65. The molecule has 0 aliphatic heterocycles. The Morgan fingerprint density at radius 1 is 0.962 bits per heavy atom. The van der Waals surface area contributed by atoms with Gasteiger partial charge < -0.3 is 0 Å². The van der Waals surface area contributed by atoms with Gasteiger partial charge in [-0.05, 0) is 36.6 Å². The number of nitrogens with zero attached hydrogens (tertiary/aromatic N) is 1. The predicted molar refractivity (Wildman–Crippen MR) is 119 cm³/mol. The highest BCUT2D eigenvalue weighted by molar-refractivity contribution is 5.86. The highest BCUT2D eigenvalue weighted by Crippen LogP contribution is 2.28. The zero-order valence-electron chi connectivity index (χ0n) is 15.8. The number of aromatic nitrogens is 1. The maximum absolute atomic E-state index is 4.61. The molecule has 1 heteroatoms. The fraction of sp³-hybridized carbons (Fsp3) is 0.0800. The van der Waals surface area contributed by atoms with E-state index in [1.54, 1.807) is 18.3 Å². The van der Waals surface area contributed by atoms with Crippen molar-refractivity contribution in [1.29, 1.82) is 0 Å². The lowest BCUT2D eigenvalue weighted by Crippen LogP contribution is -1.97. The summed E-state index contributed by atoms with van der Waals surface area (Å²) in [5.41, 5.74) is 5.67. The van der Waals surface area contributed by atoms with Crippen molar-refractivity contribution < 1.29 is 0 Å². The van der Waals surface area contributed by atoms with E-state index in [-0.39, 0.29) is 0 Å². The van der Waals surface area contributed by atoms with Crippen LogP contribution in [0, 0.1) is 0 Å². The van der Waals surface area contributed by atoms with Crippen molar-refractivity contribution in [2.75, 3.05) is 0 Å². The van der Waals surface area contributed by atoms with Gasteiger partial charge in [0.1, 0.15) is 0 Å². The average molecular weight is 341 g/mol. The number of rotatable bonds is 9. The van der Waals surface area contributed by atoms with Gasteiger partial charge in [0.15, 0.2) is 0 Å². The Morgan fingerprint density at radius 2 is 1.69 bits per heavy atom. The van der Waals surface area contributed by atoms with Crippen LogP contribution in [0.4, 0.5) is 0 Å². The highest BCUT2D eigenvalue weighted by atomic mass is 14.7. The van der Waals surface area contributed by atoms with E-state index in [4.69, 9.17) is 0 Å². The molecule has 1 heterocycles. The van der Waals surface area contributed by atoms with Crippen LogP contribution in [0.5, 0.6) is 0 Å². The third-order valence-electron chi connectivity index (χ3n) is 3.53. The molecule has 1 nitrogen and oxygen atoms in total. The van der Waals surface area contributed by atoms with E-state index in [0.29, 0.717) is 0 Å². The van der Waals surface area contributed by atoms with Crippen molar-refractivity contribution in [3.8, 4) is 0 Å². The summed E-state index contributed by atoms with van der Waals surface area (Å²) in [6.07, 6.45) is 23.0. The molecule has 1 aromatic rings. The molecular formula is C25H27N. The molecule has 1 aromatic heterocycles. The van der Waals surface area contributed by atoms with Gasteiger partial charge in [0.05, 0.1) is 5.69 Å². The van der Waals surface area contributed by atoms with Crippen LogP contribution in [0.2, 0.25) is 0 Å². The first kappa shape index (κ1) is 20.9. The summed E-state index contributed by atoms with van der Waals surface area (Å²) >= 11 is 0. The quantitative estimate of drug-likeness (QED) is 0.435. The van der Waals surface area contributed by atoms with Crippen LogP contribution < -0.4 is 0 Å². The van der Waals surface area contributed by atoms with Crippen molar-refractivity contribution in [1.82, 2.24) is 4.98 Å². The Bertz CT molecular complexity index is 824. The van der Waals surface area contributed by atoms with E-state index < -0.39 is 0 Å². The summed E-state index contributed by atoms with van der Waals surface area (Å²) in [5.74, 6) is 0. The molecular weight excluding hydrogens is 314 g/mol. The highest BCUT2D eigenvalue weighted by Gasteiger charge is 2.11. The lowest BCUT2D eigenvalue weighted by molar-refractivity contribution is 1.25. The normalized spacial score (nSPS) is 12.5. The van der Waals surface area contributed by atoms with Crippen molar-refractivity contribution in [3.63, 3.8) is 0 Å². The molecule has 0 aliphatic rings. The summed E-state index contributed by atoms with van der Waals surface area (Å²) in [6.45, 7) is 19.7. The van der Waals surface area contributed by atoms with Gasteiger partial charge in [-0.25, -0.2) is 0 Å². The van der Waals surface area contributed by atoms with Crippen LogP contribution in [0.1, 0.15) is 30.7 Å². The minimum Gasteiger partial charge on any atom is -0.256 e. The Labute approximate surface area is 158 Å². The maximum atomic E-state index is 4.61. The van der Waals surface area contributed by atoms with E-state index in [0.717, 1.165) is 33.5 Å². The first-order chi connectivity index (χ1) is 12.6. The number of hydrogen-bond donors (Lipinski definition) is 0. The van der Waals surface area contributed by atoms with Crippen LogP contribution in [0.15, 0.2) is 105 Å². The molecule has 0 fully saturated rings. The van der Waals surface area contributed by atoms with E-state index in [2.05, 4.69) is 31.3 Å². The molecule has 0 aliphatic carbocycles. The molecule has 0 saturated carbocycles. The fourth-order valence-corrected chi connectivity index (χ4v) is 2.42. The standard InChI is InChI=1S/C25H27N/c1-7-11-15-22(14-10-4)25-24(17-16-20(5)12-8-2)23(18-19-26-25)21(6)13-9-3/h7-19H,1,4-6H2,2-3H3/b12-8-,13-9-,15-11-,17-16-,22-14+. The van der Waals surface area contributed by atoms with Gasteiger partial charge in [0.25, 0.3) is 0 Å². The molecule has 0 aromatic carbocycles. The SMILES string of the molecule is C=C/C=C\C(=C/C=C)c1nccc(C(=C)/C=C\C)c1/C=C\C(=C)/C=C\C. The summed E-state index contributed by atoms with van der Waals surface area (Å²) in [5, 5.41) is 0. The lowest BCUT2D eigenvalue weighted by atomic mass is 9.95. The summed E-state index contributed by atoms with van der Waals surface area (Å²) < 4.78 is 0. The summed E-state index contributed by atoms with van der Waals surface area (Å²) in [4.78, 5) is 4.61. The van der Waals surface area contributed by atoms with Gasteiger partial charge in [-0.15, -0.1) is 0 Å². The fourth-order valence-electron chi connectivity index (χ4n) is 2.42. The van der Waals surface area contributed by atoms with Gasteiger partial charge in [-0.2, -0.15) is 0 Å². The second-order valence-electron chi connectivity index (χ2n) is 5.51. The summed E-state index contributed by atoms with van der Waals surface area (Å²) in [7, 11) is 0. The van der Waals surface area contributed by atoms with Crippen LogP contribution in [0.3, 0.4) is 0 Å². The molecule has 0 unspecified atom stereocenters. The molecule has 132 valence electrons. The second kappa shape index (κ2) is 11.4. The van der Waals surface area contributed by atoms with Gasteiger partial charge in [-0.1, -0.05) is 93.2 Å². The van der Waals surface area contributed by atoms with Gasteiger partial charge in [0, 0.05) is 17.3 Å². The van der Waals surface area contributed by atoms with E-state index in [1.165, 1.54) is 0 Å². The van der Waals surface area contributed by atoms with Gasteiger partial charge in [0.2, 0.25) is 0 Å². The Hall–Kier alpha value is -3.19.